The van der Waals surface area contributed by atoms with Crippen molar-refractivity contribution < 1.29 is 13.2 Å². The van der Waals surface area contributed by atoms with E-state index in [1.165, 1.54) is 7.11 Å². The van der Waals surface area contributed by atoms with E-state index in [2.05, 4.69) is 9.71 Å². The van der Waals surface area contributed by atoms with Crippen molar-refractivity contribution in [2.75, 3.05) is 26.0 Å². The predicted molar refractivity (Wildman–Crippen MR) is 69.6 cm³/mol. The Labute approximate surface area is 108 Å². The van der Waals surface area contributed by atoms with Gasteiger partial charge in [0.1, 0.15) is 0 Å². The van der Waals surface area contributed by atoms with Gasteiger partial charge in [0.2, 0.25) is 10.0 Å². The lowest BCUT2D eigenvalue weighted by atomic mass is 10.2. The minimum atomic E-state index is -3.34. The van der Waals surface area contributed by atoms with Crippen molar-refractivity contribution in [2.24, 2.45) is 5.73 Å². The second-order valence-corrected chi connectivity index (χ2v) is 5.80. The summed E-state index contributed by atoms with van der Waals surface area (Å²) >= 11 is 0. The second-order valence-electron chi connectivity index (χ2n) is 3.93. The molecule has 7 heteroatoms. The van der Waals surface area contributed by atoms with E-state index in [9.17, 15) is 8.42 Å². The van der Waals surface area contributed by atoms with Crippen molar-refractivity contribution in [2.45, 2.75) is 12.5 Å². The predicted octanol–water partition coefficient (Wildman–Crippen LogP) is -0.483. The summed E-state index contributed by atoms with van der Waals surface area (Å²) in [6.45, 7) is 0.479. The molecule has 0 aliphatic carbocycles. The van der Waals surface area contributed by atoms with Gasteiger partial charge < -0.3 is 10.5 Å². The van der Waals surface area contributed by atoms with Crippen molar-refractivity contribution in [3.05, 3.63) is 30.1 Å². The molecule has 18 heavy (non-hydrogen) atoms. The highest BCUT2D eigenvalue weighted by atomic mass is 32.2. The maximum absolute atomic E-state index is 11.8. The van der Waals surface area contributed by atoms with Crippen LogP contribution < -0.4 is 10.5 Å². The number of nitrogens with two attached hydrogens (primary N) is 1. The quantitative estimate of drug-likeness (QED) is 0.667. The van der Waals surface area contributed by atoms with E-state index >= 15 is 0 Å². The first-order valence-electron chi connectivity index (χ1n) is 5.65. The van der Waals surface area contributed by atoms with Gasteiger partial charge in [-0.3, -0.25) is 4.98 Å². The van der Waals surface area contributed by atoms with Crippen LogP contribution in [0.4, 0.5) is 0 Å². The number of aromatic nitrogens is 1. The molecule has 0 bridgehead atoms. The fourth-order valence-electron chi connectivity index (χ4n) is 1.47. The SMILES string of the molecule is COCC(CN)NS(=O)(=O)CCc1ccncc1. The van der Waals surface area contributed by atoms with Crippen LogP contribution in [0.3, 0.4) is 0 Å². The fourth-order valence-corrected chi connectivity index (χ4v) is 2.76. The van der Waals surface area contributed by atoms with E-state index in [1.54, 1.807) is 24.5 Å². The molecule has 1 heterocycles. The molecule has 6 nitrogen and oxygen atoms in total. The number of nitrogens with one attached hydrogen (secondary N) is 1. The number of sulfonamides is 1. The van der Waals surface area contributed by atoms with Gasteiger partial charge in [-0.25, -0.2) is 13.1 Å². The zero-order valence-corrected chi connectivity index (χ0v) is 11.2. The van der Waals surface area contributed by atoms with Gasteiger partial charge >= 0.3 is 0 Å². The molecule has 0 saturated carbocycles. The molecular weight excluding hydrogens is 254 g/mol. The zero-order valence-electron chi connectivity index (χ0n) is 10.4. The van der Waals surface area contributed by atoms with E-state index in [1.807, 2.05) is 0 Å². The highest BCUT2D eigenvalue weighted by molar-refractivity contribution is 7.89. The van der Waals surface area contributed by atoms with Gasteiger partial charge in [0, 0.05) is 26.0 Å². The van der Waals surface area contributed by atoms with Crippen LogP contribution in [0.5, 0.6) is 0 Å². The van der Waals surface area contributed by atoms with Gasteiger partial charge in [-0.2, -0.15) is 0 Å². The first-order valence-corrected chi connectivity index (χ1v) is 7.30. The highest BCUT2D eigenvalue weighted by Gasteiger charge is 2.16. The Kier molecular flexibility index (Phi) is 6.20. The molecule has 0 aliphatic heterocycles. The van der Waals surface area contributed by atoms with E-state index < -0.39 is 10.0 Å². The number of aryl methyl sites for hydroxylation is 1. The van der Waals surface area contributed by atoms with Crippen molar-refractivity contribution in [1.82, 2.24) is 9.71 Å². The minimum Gasteiger partial charge on any atom is -0.383 e. The zero-order chi connectivity index (χ0) is 13.4. The van der Waals surface area contributed by atoms with Gasteiger partial charge in [-0.05, 0) is 24.1 Å². The monoisotopic (exact) mass is 273 g/mol. The summed E-state index contributed by atoms with van der Waals surface area (Å²) in [6.07, 6.45) is 3.73. The van der Waals surface area contributed by atoms with Crippen LogP contribution in [-0.2, 0) is 21.2 Å². The van der Waals surface area contributed by atoms with Crippen LogP contribution in [0.25, 0.3) is 0 Å². The molecule has 1 aromatic rings. The third-order valence-electron chi connectivity index (χ3n) is 2.41. The number of rotatable bonds is 8. The number of methoxy groups -OCH3 is 1. The Morgan fingerprint density at radius 1 is 1.44 bits per heavy atom. The van der Waals surface area contributed by atoms with Crippen molar-refractivity contribution >= 4 is 10.0 Å². The van der Waals surface area contributed by atoms with Crippen LogP contribution in [0.15, 0.2) is 24.5 Å². The number of pyridine rings is 1. The normalized spacial score (nSPS) is 13.4. The molecule has 0 aromatic carbocycles. The van der Waals surface area contributed by atoms with Gasteiger partial charge in [-0.15, -0.1) is 0 Å². The fraction of sp³-hybridized carbons (Fsp3) is 0.545. The van der Waals surface area contributed by atoms with Crippen molar-refractivity contribution in [3.63, 3.8) is 0 Å². The molecule has 102 valence electrons. The van der Waals surface area contributed by atoms with Gasteiger partial charge in [-0.1, -0.05) is 0 Å². The summed E-state index contributed by atoms with van der Waals surface area (Å²) in [4.78, 5) is 3.88. The van der Waals surface area contributed by atoms with Gasteiger partial charge in [0.15, 0.2) is 0 Å². The molecule has 0 amide bonds. The highest BCUT2D eigenvalue weighted by Crippen LogP contribution is 2.00. The van der Waals surface area contributed by atoms with E-state index in [0.717, 1.165) is 5.56 Å². The molecule has 1 rings (SSSR count). The topological polar surface area (TPSA) is 94.3 Å². The lowest BCUT2D eigenvalue weighted by molar-refractivity contribution is 0.177. The Morgan fingerprint density at radius 3 is 2.67 bits per heavy atom. The Morgan fingerprint density at radius 2 is 2.11 bits per heavy atom. The number of hydrogen-bond donors (Lipinski definition) is 2. The van der Waals surface area contributed by atoms with Crippen LogP contribution in [0, 0.1) is 0 Å². The number of ether oxygens (including phenoxy) is 1. The summed E-state index contributed by atoms with van der Waals surface area (Å²) < 4.78 is 31.0. The molecule has 1 unspecified atom stereocenters. The lowest BCUT2D eigenvalue weighted by Gasteiger charge is -2.15. The number of hydrogen-bond acceptors (Lipinski definition) is 5. The van der Waals surface area contributed by atoms with Crippen LogP contribution >= 0.6 is 0 Å². The molecule has 3 N–H and O–H groups in total. The molecule has 1 aromatic heterocycles. The van der Waals surface area contributed by atoms with E-state index in [0.29, 0.717) is 6.42 Å². The van der Waals surface area contributed by atoms with Gasteiger partial charge in [0.05, 0.1) is 18.4 Å². The molecule has 1 atom stereocenters. The van der Waals surface area contributed by atoms with Crippen LogP contribution in [0.2, 0.25) is 0 Å². The summed E-state index contributed by atoms with van der Waals surface area (Å²) in [5.41, 5.74) is 6.39. The molecule has 0 saturated heterocycles. The third-order valence-corrected chi connectivity index (χ3v) is 3.84. The summed E-state index contributed by atoms with van der Waals surface area (Å²) in [6, 6.07) is 3.22. The molecule has 0 spiro atoms. The number of nitrogens with zero attached hydrogens (tertiary/aromatic N) is 1. The summed E-state index contributed by atoms with van der Waals surface area (Å²) in [7, 11) is -1.84. The maximum atomic E-state index is 11.8. The summed E-state index contributed by atoms with van der Waals surface area (Å²) in [5.74, 6) is 0.0250. The average Bonchev–Trinajstić information content (AvgIpc) is 2.37. The largest absolute Gasteiger partial charge is 0.383 e. The third kappa shape index (κ3) is 5.54. The Balaban J connectivity index is 2.49. The molecule has 0 aliphatic rings. The molecule has 0 fully saturated rings. The Hall–Kier alpha value is -1.02. The smallest absolute Gasteiger partial charge is 0.212 e. The van der Waals surface area contributed by atoms with Crippen LogP contribution in [-0.4, -0.2) is 45.5 Å². The maximum Gasteiger partial charge on any atom is 0.212 e. The van der Waals surface area contributed by atoms with Crippen molar-refractivity contribution in [3.8, 4) is 0 Å². The Bertz CT molecular complexity index is 436. The van der Waals surface area contributed by atoms with E-state index in [4.69, 9.17) is 10.5 Å². The molecule has 0 radical (unpaired) electrons. The summed E-state index contributed by atoms with van der Waals surface area (Å²) in [5, 5.41) is 0. The first kappa shape index (κ1) is 15.0. The average molecular weight is 273 g/mol. The standard InChI is InChI=1S/C11H19N3O3S/c1-17-9-11(8-12)14-18(15,16)7-4-10-2-5-13-6-3-10/h2-3,5-6,11,14H,4,7-9,12H2,1H3. The van der Waals surface area contributed by atoms with Crippen molar-refractivity contribution in [1.29, 1.82) is 0 Å². The molecular formula is C11H19N3O3S. The van der Waals surface area contributed by atoms with Crippen LogP contribution in [0.1, 0.15) is 5.56 Å². The second kappa shape index (κ2) is 7.42. The van der Waals surface area contributed by atoms with E-state index in [-0.39, 0.29) is 24.9 Å². The first-order chi connectivity index (χ1) is 8.57. The minimum absolute atomic E-state index is 0.0250. The van der Waals surface area contributed by atoms with Gasteiger partial charge in [0.25, 0.3) is 0 Å². The lowest BCUT2D eigenvalue weighted by Crippen LogP contribution is -2.44.